The van der Waals surface area contributed by atoms with Crippen LogP contribution in [0.2, 0.25) is 0 Å². The van der Waals surface area contributed by atoms with Gasteiger partial charge in [0, 0.05) is 18.6 Å². The Morgan fingerprint density at radius 3 is 2.52 bits per heavy atom. The number of benzene rings is 1. The van der Waals surface area contributed by atoms with Gasteiger partial charge in [-0.2, -0.15) is 0 Å². The number of ether oxygens (including phenoxy) is 2. The van der Waals surface area contributed by atoms with E-state index in [0.29, 0.717) is 26.3 Å². The Morgan fingerprint density at radius 2 is 1.90 bits per heavy atom. The van der Waals surface area contributed by atoms with E-state index in [4.69, 9.17) is 14.6 Å². The van der Waals surface area contributed by atoms with Crippen LogP contribution in [-0.2, 0) is 11.3 Å². The quantitative estimate of drug-likeness (QED) is 0.904. The Labute approximate surface area is 125 Å². The third kappa shape index (κ3) is 4.36. The fraction of sp³-hybridized carbons (Fsp3) is 0.562. The van der Waals surface area contributed by atoms with Gasteiger partial charge in [-0.25, -0.2) is 0 Å². The third-order valence-corrected chi connectivity index (χ3v) is 3.52. The summed E-state index contributed by atoms with van der Waals surface area (Å²) in [6.45, 7) is 8.63. The fourth-order valence-corrected chi connectivity index (χ4v) is 2.29. The highest BCUT2D eigenvalue weighted by molar-refractivity contribution is 5.66. The zero-order valence-corrected chi connectivity index (χ0v) is 12.9. The van der Waals surface area contributed by atoms with Gasteiger partial charge in [-0.05, 0) is 38.5 Å². The molecule has 0 unspecified atom stereocenters. The summed E-state index contributed by atoms with van der Waals surface area (Å²) in [6, 6.07) is 5.91. The number of rotatable bonds is 5. The molecular weight excluding hydrogens is 270 g/mol. The van der Waals surface area contributed by atoms with Crippen molar-refractivity contribution in [2.75, 3.05) is 19.8 Å². The predicted octanol–water partition coefficient (Wildman–Crippen LogP) is 2.53. The average molecular weight is 293 g/mol. The van der Waals surface area contributed by atoms with E-state index in [1.54, 1.807) is 0 Å². The molecule has 116 valence electrons. The molecule has 0 saturated carbocycles. The Hall–Kier alpha value is -1.75. The molecule has 0 aromatic heterocycles. The summed E-state index contributed by atoms with van der Waals surface area (Å²) in [5.74, 6) is 0.773. The van der Waals surface area contributed by atoms with Crippen molar-refractivity contribution in [3.05, 3.63) is 23.8 Å². The van der Waals surface area contributed by atoms with E-state index in [2.05, 4.69) is 25.7 Å². The summed E-state index contributed by atoms with van der Waals surface area (Å²) in [5, 5.41) is 8.89. The zero-order chi connectivity index (χ0) is 15.5. The third-order valence-electron chi connectivity index (χ3n) is 3.52. The van der Waals surface area contributed by atoms with Crippen molar-refractivity contribution in [3.8, 4) is 11.5 Å². The van der Waals surface area contributed by atoms with Crippen LogP contribution in [0.15, 0.2) is 18.2 Å². The number of carboxylic acids is 1. The molecule has 0 saturated heterocycles. The van der Waals surface area contributed by atoms with Crippen molar-refractivity contribution in [3.63, 3.8) is 0 Å². The van der Waals surface area contributed by atoms with Crippen LogP contribution < -0.4 is 9.47 Å². The van der Waals surface area contributed by atoms with Crippen molar-refractivity contribution in [2.24, 2.45) is 0 Å². The molecule has 0 amide bonds. The lowest BCUT2D eigenvalue weighted by molar-refractivity contribution is -0.137. The average Bonchev–Trinajstić information content (AvgIpc) is 2.41. The van der Waals surface area contributed by atoms with Gasteiger partial charge in [0.1, 0.15) is 13.2 Å². The zero-order valence-electron chi connectivity index (χ0n) is 12.9. The Balaban J connectivity index is 2.10. The maximum absolute atomic E-state index is 10.8. The first-order valence-electron chi connectivity index (χ1n) is 7.21. The largest absolute Gasteiger partial charge is 0.486 e. The first-order valence-corrected chi connectivity index (χ1v) is 7.21. The van der Waals surface area contributed by atoms with Gasteiger partial charge in [-0.1, -0.05) is 6.07 Å². The van der Waals surface area contributed by atoms with Crippen LogP contribution in [0.4, 0.5) is 0 Å². The summed E-state index contributed by atoms with van der Waals surface area (Å²) in [6.07, 6.45) is 0.141. The maximum Gasteiger partial charge on any atom is 0.304 e. The SMILES string of the molecule is CC(C)(C)N(CCC(=O)O)Cc1ccc2c(c1)OCCO2. The molecular formula is C16H23NO4. The lowest BCUT2D eigenvalue weighted by Crippen LogP contribution is -2.42. The second-order valence-corrected chi connectivity index (χ2v) is 6.21. The minimum Gasteiger partial charge on any atom is -0.486 e. The van der Waals surface area contributed by atoms with Crippen LogP contribution in [0, 0.1) is 0 Å². The van der Waals surface area contributed by atoms with Crippen LogP contribution in [-0.4, -0.2) is 41.3 Å². The molecule has 2 rings (SSSR count). The Bertz CT molecular complexity index is 507. The molecule has 0 fully saturated rings. The van der Waals surface area contributed by atoms with E-state index in [9.17, 15) is 4.79 Å². The Morgan fingerprint density at radius 1 is 1.24 bits per heavy atom. The number of aliphatic carboxylic acids is 1. The highest BCUT2D eigenvalue weighted by atomic mass is 16.6. The second-order valence-electron chi connectivity index (χ2n) is 6.21. The van der Waals surface area contributed by atoms with Crippen molar-refractivity contribution in [1.29, 1.82) is 0 Å². The molecule has 1 aromatic carbocycles. The lowest BCUT2D eigenvalue weighted by atomic mass is 10.0. The lowest BCUT2D eigenvalue weighted by Gasteiger charge is -2.35. The first kappa shape index (κ1) is 15.6. The smallest absolute Gasteiger partial charge is 0.304 e. The van der Waals surface area contributed by atoms with Gasteiger partial charge < -0.3 is 14.6 Å². The molecule has 0 radical (unpaired) electrons. The molecule has 1 aliphatic heterocycles. The van der Waals surface area contributed by atoms with Gasteiger partial charge in [-0.15, -0.1) is 0 Å². The normalized spacial score (nSPS) is 14.3. The molecule has 5 heteroatoms. The maximum atomic E-state index is 10.8. The van der Waals surface area contributed by atoms with E-state index in [1.165, 1.54) is 0 Å². The fourth-order valence-electron chi connectivity index (χ4n) is 2.29. The molecule has 5 nitrogen and oxygen atoms in total. The number of hydrogen-bond donors (Lipinski definition) is 1. The molecule has 21 heavy (non-hydrogen) atoms. The van der Waals surface area contributed by atoms with E-state index in [-0.39, 0.29) is 12.0 Å². The van der Waals surface area contributed by atoms with Crippen molar-refractivity contribution in [1.82, 2.24) is 4.90 Å². The van der Waals surface area contributed by atoms with Gasteiger partial charge in [0.25, 0.3) is 0 Å². The van der Waals surface area contributed by atoms with Crippen molar-refractivity contribution >= 4 is 5.97 Å². The highest BCUT2D eigenvalue weighted by Crippen LogP contribution is 2.31. The summed E-state index contributed by atoms with van der Waals surface area (Å²) < 4.78 is 11.1. The molecule has 1 N–H and O–H groups in total. The van der Waals surface area contributed by atoms with E-state index >= 15 is 0 Å². The van der Waals surface area contributed by atoms with Crippen molar-refractivity contribution < 1.29 is 19.4 Å². The van der Waals surface area contributed by atoms with Gasteiger partial charge in [0.05, 0.1) is 6.42 Å². The predicted molar refractivity (Wildman–Crippen MR) is 79.8 cm³/mol. The van der Waals surface area contributed by atoms with Crippen molar-refractivity contribution in [2.45, 2.75) is 39.3 Å². The van der Waals surface area contributed by atoms with E-state index in [0.717, 1.165) is 17.1 Å². The van der Waals surface area contributed by atoms with Gasteiger partial charge in [0.2, 0.25) is 0 Å². The molecule has 0 aliphatic carbocycles. The van der Waals surface area contributed by atoms with Gasteiger partial charge >= 0.3 is 5.97 Å². The van der Waals surface area contributed by atoms with E-state index < -0.39 is 5.97 Å². The standard InChI is InChI=1S/C16H23NO4/c1-16(2,3)17(7-6-15(18)19)11-12-4-5-13-14(10-12)21-9-8-20-13/h4-5,10H,6-9,11H2,1-3H3,(H,18,19). The van der Waals surface area contributed by atoms with E-state index in [1.807, 2.05) is 18.2 Å². The van der Waals surface area contributed by atoms with Crippen LogP contribution >= 0.6 is 0 Å². The summed E-state index contributed by atoms with van der Waals surface area (Å²) >= 11 is 0. The highest BCUT2D eigenvalue weighted by Gasteiger charge is 2.22. The van der Waals surface area contributed by atoms with Crippen LogP contribution in [0.25, 0.3) is 0 Å². The van der Waals surface area contributed by atoms with Crippen LogP contribution in [0.5, 0.6) is 11.5 Å². The minimum atomic E-state index is -0.772. The molecule has 1 heterocycles. The second kappa shape index (κ2) is 6.35. The number of carboxylic acid groups (broad SMARTS) is 1. The van der Waals surface area contributed by atoms with Crippen LogP contribution in [0.1, 0.15) is 32.8 Å². The molecule has 0 spiro atoms. The number of nitrogens with zero attached hydrogens (tertiary/aromatic N) is 1. The van der Waals surface area contributed by atoms with Crippen LogP contribution in [0.3, 0.4) is 0 Å². The molecule has 0 bridgehead atoms. The topological polar surface area (TPSA) is 59.0 Å². The minimum absolute atomic E-state index is 0.0945. The summed E-state index contributed by atoms with van der Waals surface area (Å²) in [5.41, 5.74) is 1.00. The number of hydrogen-bond acceptors (Lipinski definition) is 4. The molecule has 0 atom stereocenters. The summed E-state index contributed by atoms with van der Waals surface area (Å²) in [4.78, 5) is 13.0. The number of fused-ring (bicyclic) bond motifs is 1. The number of carbonyl (C=O) groups is 1. The summed E-state index contributed by atoms with van der Waals surface area (Å²) in [7, 11) is 0. The first-order chi connectivity index (χ1) is 9.86. The molecule has 1 aromatic rings. The Kier molecular flexibility index (Phi) is 4.73. The van der Waals surface area contributed by atoms with Gasteiger partial charge in [-0.3, -0.25) is 9.69 Å². The monoisotopic (exact) mass is 293 g/mol. The van der Waals surface area contributed by atoms with Gasteiger partial charge in [0.15, 0.2) is 11.5 Å². The molecule has 1 aliphatic rings.